The Morgan fingerprint density at radius 1 is 1.06 bits per heavy atom. The summed E-state index contributed by atoms with van der Waals surface area (Å²) in [4.78, 5) is 15.1. The molecular weight excluding hydrogens is 412 g/mol. The van der Waals surface area contributed by atoms with Crippen LogP contribution in [-0.4, -0.2) is 38.4 Å². The zero-order valence-corrected chi connectivity index (χ0v) is 18.7. The molecule has 2 fully saturated rings. The third kappa shape index (κ3) is 5.73. The minimum Gasteiger partial charge on any atom is -0.494 e. The first-order valence-electron chi connectivity index (χ1n) is 11.1. The third-order valence-electron chi connectivity index (χ3n) is 5.98. The van der Waals surface area contributed by atoms with Crippen LogP contribution in [0.1, 0.15) is 54.4 Å². The highest BCUT2D eigenvalue weighted by atomic mass is 32.2. The van der Waals surface area contributed by atoms with Crippen LogP contribution in [0.4, 0.5) is 0 Å². The van der Waals surface area contributed by atoms with Gasteiger partial charge in [0.05, 0.1) is 11.5 Å². The number of nitrogens with one attached hydrogen (secondary N) is 1. The molecule has 2 aromatic carbocycles. The molecule has 1 aliphatic heterocycles. The summed E-state index contributed by atoms with van der Waals surface area (Å²) in [5, 5.41) is 1.85. The minimum atomic E-state index is -3.56. The Labute approximate surface area is 184 Å². The van der Waals surface area contributed by atoms with E-state index >= 15 is 0 Å². The van der Waals surface area contributed by atoms with Gasteiger partial charge in [-0.1, -0.05) is 17.7 Å². The number of nitrogens with zero attached hydrogens (tertiary/aromatic N) is 1. The van der Waals surface area contributed by atoms with Crippen molar-refractivity contribution in [2.75, 3.05) is 13.2 Å². The van der Waals surface area contributed by atoms with Crippen molar-refractivity contribution in [3.63, 3.8) is 0 Å². The fourth-order valence-corrected chi connectivity index (χ4v) is 5.14. The van der Waals surface area contributed by atoms with E-state index in [1.807, 2.05) is 48.3 Å². The molecule has 4 rings (SSSR count). The Bertz CT molecular complexity index is 999. The second-order valence-corrected chi connectivity index (χ2v) is 10.2. The molecule has 1 saturated heterocycles. The van der Waals surface area contributed by atoms with Gasteiger partial charge in [-0.05, 0) is 81.8 Å². The molecule has 1 heterocycles. The van der Waals surface area contributed by atoms with Crippen LogP contribution in [0, 0.1) is 12.8 Å². The van der Waals surface area contributed by atoms with Gasteiger partial charge in [-0.15, -0.1) is 4.83 Å². The number of hydrogen-bond acceptors (Lipinski definition) is 5. The predicted octanol–water partition coefficient (Wildman–Crippen LogP) is 4.10. The molecular formula is C24H30N2O4S. The first-order chi connectivity index (χ1) is 14.9. The molecule has 166 valence electrons. The molecule has 1 aliphatic carbocycles. The van der Waals surface area contributed by atoms with Crippen LogP contribution in [0.2, 0.25) is 0 Å². The van der Waals surface area contributed by atoms with E-state index < -0.39 is 10.0 Å². The number of carbonyl (C=O) groups is 1. The molecule has 31 heavy (non-hydrogen) atoms. The number of hydrazine groups is 1. The van der Waals surface area contributed by atoms with Crippen LogP contribution in [0.5, 0.6) is 5.75 Å². The van der Waals surface area contributed by atoms with Crippen molar-refractivity contribution >= 4 is 15.8 Å². The smallest absolute Gasteiger partial charge is 0.253 e. The first-order valence-corrected chi connectivity index (χ1v) is 12.5. The van der Waals surface area contributed by atoms with E-state index in [0.29, 0.717) is 13.2 Å². The maximum atomic E-state index is 12.7. The van der Waals surface area contributed by atoms with Crippen molar-refractivity contribution in [2.45, 2.75) is 56.4 Å². The van der Waals surface area contributed by atoms with Gasteiger partial charge in [-0.3, -0.25) is 4.79 Å². The van der Waals surface area contributed by atoms with Crippen molar-refractivity contribution in [3.05, 3.63) is 59.7 Å². The molecule has 0 radical (unpaired) electrons. The van der Waals surface area contributed by atoms with Crippen molar-refractivity contribution in [3.8, 4) is 5.75 Å². The standard InChI is InChI=1S/C24H30N2O4S/c1-18-6-14-23(15-7-18)31(28,29)25-26-16-2-4-21(26)5-3-17-30-22-12-10-20(11-13-22)24(27)19-8-9-19/h6-7,10-15,19,21,25H,2-5,8-9,16-17H2,1H3. The molecule has 6 nitrogen and oxygen atoms in total. The molecule has 0 bridgehead atoms. The minimum absolute atomic E-state index is 0.169. The van der Waals surface area contributed by atoms with Crippen molar-refractivity contribution in [2.24, 2.45) is 5.92 Å². The highest BCUT2D eigenvalue weighted by molar-refractivity contribution is 7.89. The average Bonchev–Trinajstić information content (AvgIpc) is 3.52. The second-order valence-electron chi connectivity index (χ2n) is 8.55. The van der Waals surface area contributed by atoms with Crippen molar-refractivity contribution < 1.29 is 17.9 Å². The summed E-state index contributed by atoms with van der Waals surface area (Å²) in [7, 11) is -3.56. The van der Waals surface area contributed by atoms with Gasteiger partial charge in [0.1, 0.15) is 5.75 Å². The third-order valence-corrected chi connectivity index (χ3v) is 7.35. The number of ether oxygens (including phenoxy) is 1. The van der Waals surface area contributed by atoms with Crippen LogP contribution >= 0.6 is 0 Å². The fraction of sp³-hybridized carbons (Fsp3) is 0.458. The van der Waals surface area contributed by atoms with Crippen LogP contribution in [0.15, 0.2) is 53.4 Å². The molecule has 0 amide bonds. The molecule has 2 aromatic rings. The number of rotatable bonds is 10. The van der Waals surface area contributed by atoms with Gasteiger partial charge < -0.3 is 4.74 Å². The van der Waals surface area contributed by atoms with Crippen LogP contribution < -0.4 is 9.57 Å². The first kappa shape index (κ1) is 22.0. The van der Waals surface area contributed by atoms with E-state index in [2.05, 4.69) is 4.83 Å². The number of sulfonamides is 1. The van der Waals surface area contributed by atoms with Gasteiger partial charge in [0.25, 0.3) is 10.0 Å². The second kappa shape index (κ2) is 9.51. The van der Waals surface area contributed by atoms with Gasteiger partial charge in [-0.2, -0.15) is 0 Å². The largest absolute Gasteiger partial charge is 0.494 e. The lowest BCUT2D eigenvalue weighted by atomic mass is 10.1. The quantitative estimate of drug-likeness (QED) is 0.443. The summed E-state index contributed by atoms with van der Waals surface area (Å²) >= 11 is 0. The van der Waals surface area contributed by atoms with E-state index in [1.165, 1.54) is 0 Å². The Morgan fingerprint density at radius 3 is 2.45 bits per heavy atom. The van der Waals surface area contributed by atoms with Crippen LogP contribution in [0.25, 0.3) is 0 Å². The zero-order valence-electron chi connectivity index (χ0n) is 17.9. The number of ketones is 1. The number of hydrogen-bond donors (Lipinski definition) is 1. The Morgan fingerprint density at radius 2 is 1.77 bits per heavy atom. The van der Waals surface area contributed by atoms with Crippen molar-refractivity contribution in [1.82, 2.24) is 9.84 Å². The van der Waals surface area contributed by atoms with Crippen LogP contribution in [0.3, 0.4) is 0 Å². The number of aryl methyl sites for hydroxylation is 1. The molecule has 7 heteroatoms. The van der Waals surface area contributed by atoms with Gasteiger partial charge in [0.2, 0.25) is 0 Å². The van der Waals surface area contributed by atoms with Gasteiger partial charge in [0, 0.05) is 24.1 Å². The Balaban J connectivity index is 1.23. The van der Waals surface area contributed by atoms with E-state index in [0.717, 1.165) is 55.4 Å². The summed E-state index contributed by atoms with van der Waals surface area (Å²) in [6.45, 7) is 3.21. The molecule has 1 atom stereocenters. The summed E-state index contributed by atoms with van der Waals surface area (Å²) in [6.07, 6.45) is 5.64. The Kier molecular flexibility index (Phi) is 6.74. The average molecular weight is 443 g/mol. The van der Waals surface area contributed by atoms with E-state index in [4.69, 9.17) is 4.74 Å². The van der Waals surface area contributed by atoms with Gasteiger partial charge in [-0.25, -0.2) is 13.4 Å². The topological polar surface area (TPSA) is 75.7 Å². The predicted molar refractivity (Wildman–Crippen MR) is 119 cm³/mol. The highest BCUT2D eigenvalue weighted by Gasteiger charge is 2.30. The van der Waals surface area contributed by atoms with Gasteiger partial charge in [0.15, 0.2) is 5.78 Å². The number of Topliss-reactive ketones (excluding diaryl/α,β-unsaturated/α-hetero) is 1. The molecule has 0 aromatic heterocycles. The maximum absolute atomic E-state index is 12.7. The van der Waals surface area contributed by atoms with Crippen molar-refractivity contribution in [1.29, 1.82) is 0 Å². The summed E-state index contributed by atoms with van der Waals surface area (Å²) in [6, 6.07) is 14.5. The lowest BCUT2D eigenvalue weighted by Crippen LogP contribution is -2.45. The zero-order chi connectivity index (χ0) is 21.8. The molecule has 1 unspecified atom stereocenters. The van der Waals surface area contributed by atoms with E-state index in [-0.39, 0.29) is 22.6 Å². The Hall–Kier alpha value is -2.22. The van der Waals surface area contributed by atoms with E-state index in [1.54, 1.807) is 12.1 Å². The lowest BCUT2D eigenvalue weighted by molar-refractivity contribution is 0.0967. The summed E-state index contributed by atoms with van der Waals surface area (Å²) < 4.78 is 31.2. The highest BCUT2D eigenvalue weighted by Crippen LogP contribution is 2.33. The monoisotopic (exact) mass is 442 g/mol. The fourth-order valence-electron chi connectivity index (χ4n) is 3.99. The number of carbonyl (C=O) groups excluding carboxylic acids is 1. The maximum Gasteiger partial charge on any atom is 0.253 e. The number of benzene rings is 2. The lowest BCUT2D eigenvalue weighted by Gasteiger charge is -2.25. The molecule has 1 N–H and O–H groups in total. The molecule has 2 aliphatic rings. The van der Waals surface area contributed by atoms with Gasteiger partial charge >= 0.3 is 0 Å². The normalized spacial score (nSPS) is 19.5. The molecule has 1 saturated carbocycles. The van der Waals surface area contributed by atoms with E-state index in [9.17, 15) is 13.2 Å². The molecule has 0 spiro atoms. The SMILES string of the molecule is Cc1ccc(S(=O)(=O)NN2CCCC2CCCOc2ccc(C(=O)C3CC3)cc2)cc1. The summed E-state index contributed by atoms with van der Waals surface area (Å²) in [5.74, 6) is 1.22. The summed E-state index contributed by atoms with van der Waals surface area (Å²) in [5.41, 5.74) is 1.79. The van der Waals surface area contributed by atoms with Crippen LogP contribution in [-0.2, 0) is 10.0 Å².